The van der Waals surface area contributed by atoms with Crippen LogP contribution in [0.4, 0.5) is 0 Å². The number of aromatic nitrogens is 1. The summed E-state index contributed by atoms with van der Waals surface area (Å²) in [5.74, 6) is 0.297. The molecule has 2 nitrogen and oxygen atoms in total. The van der Waals surface area contributed by atoms with E-state index in [1.54, 1.807) is 0 Å². The van der Waals surface area contributed by atoms with Gasteiger partial charge in [-0.3, -0.25) is 4.79 Å². The number of carbonyl (C=O) groups excluding carboxylic acids is 1. The highest BCUT2D eigenvalue weighted by Crippen LogP contribution is 2.31. The predicted molar refractivity (Wildman–Crippen MR) is 121 cm³/mol. The van der Waals surface area contributed by atoms with E-state index in [0.717, 1.165) is 24.0 Å². The molecule has 2 aromatic carbocycles. The summed E-state index contributed by atoms with van der Waals surface area (Å²) in [4.78, 5) is 13.0. The zero-order valence-electron chi connectivity index (χ0n) is 17.7. The summed E-state index contributed by atoms with van der Waals surface area (Å²) in [6.45, 7) is 5.30. The van der Waals surface area contributed by atoms with Crippen molar-refractivity contribution in [2.75, 3.05) is 0 Å². The largest absolute Gasteiger partial charge is 0.340 e. The molecule has 0 unspecified atom stereocenters. The molecule has 2 heteroatoms. The summed E-state index contributed by atoms with van der Waals surface area (Å²) < 4.78 is 2.30. The number of benzene rings is 2. The van der Waals surface area contributed by atoms with Crippen LogP contribution in [0.3, 0.4) is 0 Å². The average molecular weight is 378 g/mol. The summed E-state index contributed by atoms with van der Waals surface area (Å²) in [5.41, 5.74) is 3.24. The van der Waals surface area contributed by atoms with Gasteiger partial charge in [0.05, 0.1) is 5.52 Å². The lowest BCUT2D eigenvalue weighted by Crippen LogP contribution is -2.04. The lowest BCUT2D eigenvalue weighted by atomic mass is 10.0. The number of nitrogens with zero attached hydrogens (tertiary/aromatic N) is 1. The van der Waals surface area contributed by atoms with Crippen LogP contribution in [0.5, 0.6) is 0 Å². The Morgan fingerprint density at radius 2 is 1.39 bits per heavy atom. The molecule has 1 heterocycles. The van der Waals surface area contributed by atoms with Gasteiger partial charge in [0, 0.05) is 34.8 Å². The second kappa shape index (κ2) is 10.5. The first-order valence-electron chi connectivity index (χ1n) is 11.3. The zero-order valence-corrected chi connectivity index (χ0v) is 17.7. The smallest absolute Gasteiger partial charge is 0.164 e. The second-order valence-electron chi connectivity index (χ2n) is 7.96. The fourth-order valence-electron chi connectivity index (χ4n) is 4.39. The molecule has 0 saturated carbocycles. The Bertz CT molecular complexity index is 905. The number of hydrogen-bond acceptors (Lipinski definition) is 1. The first-order chi connectivity index (χ1) is 13.8. The van der Waals surface area contributed by atoms with Crippen molar-refractivity contribution in [3.8, 4) is 0 Å². The van der Waals surface area contributed by atoms with Crippen LogP contribution in [0, 0.1) is 0 Å². The van der Waals surface area contributed by atoms with Gasteiger partial charge in [-0.25, -0.2) is 0 Å². The summed E-state index contributed by atoms with van der Waals surface area (Å²) in [6.07, 6.45) is 12.2. The number of hydrogen-bond donors (Lipinski definition) is 0. The standard InChI is InChI=1S/C26H35NO/c1-3-5-6-7-8-9-10-11-12-20-25(28)23-18-15-17-22-21-16-13-14-19-24(21)27(4-2)26(22)23/h13-19H,3-12,20H2,1-2H3. The van der Waals surface area contributed by atoms with Crippen molar-refractivity contribution in [3.63, 3.8) is 0 Å². The molecular formula is C26H35NO. The number of aryl methyl sites for hydroxylation is 1. The highest BCUT2D eigenvalue weighted by atomic mass is 16.1. The minimum atomic E-state index is 0.297. The van der Waals surface area contributed by atoms with E-state index in [4.69, 9.17) is 0 Å². The first kappa shape index (κ1) is 20.6. The average Bonchev–Trinajstić information content (AvgIpc) is 3.06. The van der Waals surface area contributed by atoms with Gasteiger partial charge in [0.25, 0.3) is 0 Å². The zero-order chi connectivity index (χ0) is 19.8. The molecule has 0 bridgehead atoms. The van der Waals surface area contributed by atoms with Crippen LogP contribution in [0.1, 0.15) is 88.4 Å². The van der Waals surface area contributed by atoms with Gasteiger partial charge in [0.15, 0.2) is 5.78 Å². The van der Waals surface area contributed by atoms with Gasteiger partial charge in [-0.05, 0) is 25.5 Å². The Labute approximate surface area is 169 Å². The Morgan fingerprint density at radius 3 is 2.11 bits per heavy atom. The fraction of sp³-hybridized carbons (Fsp3) is 0.500. The number of unbranched alkanes of at least 4 members (excludes halogenated alkanes) is 8. The van der Waals surface area contributed by atoms with Crippen molar-refractivity contribution in [2.45, 2.75) is 84.6 Å². The van der Waals surface area contributed by atoms with Gasteiger partial charge >= 0.3 is 0 Å². The molecule has 28 heavy (non-hydrogen) atoms. The van der Waals surface area contributed by atoms with Crippen LogP contribution >= 0.6 is 0 Å². The van der Waals surface area contributed by atoms with E-state index in [0.29, 0.717) is 12.2 Å². The summed E-state index contributed by atoms with van der Waals surface area (Å²) in [7, 11) is 0. The maximum Gasteiger partial charge on any atom is 0.164 e. The van der Waals surface area contributed by atoms with E-state index < -0.39 is 0 Å². The molecule has 0 aliphatic heterocycles. The minimum Gasteiger partial charge on any atom is -0.340 e. The monoisotopic (exact) mass is 377 g/mol. The van der Waals surface area contributed by atoms with Gasteiger partial charge < -0.3 is 4.57 Å². The first-order valence-corrected chi connectivity index (χ1v) is 11.3. The van der Waals surface area contributed by atoms with E-state index in [1.807, 2.05) is 12.1 Å². The Morgan fingerprint density at radius 1 is 0.750 bits per heavy atom. The molecule has 0 aliphatic carbocycles. The van der Waals surface area contributed by atoms with E-state index in [-0.39, 0.29) is 0 Å². The van der Waals surface area contributed by atoms with Crippen LogP contribution in [0.2, 0.25) is 0 Å². The molecule has 0 N–H and O–H groups in total. The number of Topliss-reactive ketones (excluding diaryl/α,β-unsaturated/α-hetero) is 1. The molecule has 3 rings (SSSR count). The fourth-order valence-corrected chi connectivity index (χ4v) is 4.39. The maximum atomic E-state index is 13.0. The molecule has 0 spiro atoms. The molecular weight excluding hydrogens is 342 g/mol. The Balaban J connectivity index is 1.61. The molecule has 0 atom stereocenters. The van der Waals surface area contributed by atoms with E-state index in [1.165, 1.54) is 67.7 Å². The van der Waals surface area contributed by atoms with E-state index >= 15 is 0 Å². The van der Waals surface area contributed by atoms with Gasteiger partial charge in [-0.1, -0.05) is 88.6 Å². The van der Waals surface area contributed by atoms with Crippen LogP contribution < -0.4 is 0 Å². The van der Waals surface area contributed by atoms with Gasteiger partial charge in [0.2, 0.25) is 0 Å². The van der Waals surface area contributed by atoms with Crippen LogP contribution in [0.25, 0.3) is 21.8 Å². The van der Waals surface area contributed by atoms with Crippen molar-refractivity contribution in [2.24, 2.45) is 0 Å². The van der Waals surface area contributed by atoms with Crippen LogP contribution in [-0.4, -0.2) is 10.4 Å². The summed E-state index contributed by atoms with van der Waals surface area (Å²) in [5, 5.41) is 2.45. The van der Waals surface area contributed by atoms with E-state index in [9.17, 15) is 4.79 Å². The number of carbonyl (C=O) groups is 1. The molecule has 3 aromatic rings. The van der Waals surface area contributed by atoms with Gasteiger partial charge in [-0.15, -0.1) is 0 Å². The van der Waals surface area contributed by atoms with Crippen molar-refractivity contribution in [1.82, 2.24) is 4.57 Å². The van der Waals surface area contributed by atoms with Crippen molar-refractivity contribution < 1.29 is 4.79 Å². The van der Waals surface area contributed by atoms with Crippen molar-refractivity contribution >= 4 is 27.6 Å². The van der Waals surface area contributed by atoms with Crippen molar-refractivity contribution in [1.29, 1.82) is 0 Å². The van der Waals surface area contributed by atoms with Gasteiger partial charge in [0.1, 0.15) is 0 Å². The summed E-state index contributed by atoms with van der Waals surface area (Å²) >= 11 is 0. The molecule has 0 radical (unpaired) electrons. The van der Waals surface area contributed by atoms with Crippen LogP contribution in [0.15, 0.2) is 42.5 Å². The van der Waals surface area contributed by atoms with Crippen LogP contribution in [-0.2, 0) is 6.54 Å². The third-order valence-corrected chi connectivity index (χ3v) is 5.91. The topological polar surface area (TPSA) is 22.0 Å². The second-order valence-corrected chi connectivity index (χ2v) is 7.96. The third-order valence-electron chi connectivity index (χ3n) is 5.91. The molecule has 0 amide bonds. The molecule has 0 aliphatic rings. The van der Waals surface area contributed by atoms with Crippen molar-refractivity contribution in [3.05, 3.63) is 48.0 Å². The lowest BCUT2D eigenvalue weighted by molar-refractivity contribution is 0.0980. The van der Waals surface area contributed by atoms with Gasteiger partial charge in [-0.2, -0.15) is 0 Å². The minimum absolute atomic E-state index is 0.297. The molecule has 150 valence electrons. The highest BCUT2D eigenvalue weighted by molar-refractivity contribution is 6.16. The normalized spacial score (nSPS) is 11.5. The molecule has 1 aromatic heterocycles. The Hall–Kier alpha value is -2.09. The number of fused-ring (bicyclic) bond motifs is 3. The molecule has 0 saturated heterocycles. The number of ketones is 1. The lowest BCUT2D eigenvalue weighted by Gasteiger charge is -2.08. The SMILES string of the molecule is CCCCCCCCCCCC(=O)c1cccc2c3ccccc3n(CC)c12. The molecule has 0 fully saturated rings. The predicted octanol–water partition coefficient (Wildman–Crippen LogP) is 7.92. The number of para-hydroxylation sites is 2. The Kier molecular flexibility index (Phi) is 7.71. The summed E-state index contributed by atoms with van der Waals surface area (Å²) in [6, 6.07) is 14.7. The quantitative estimate of drug-likeness (QED) is 0.232. The maximum absolute atomic E-state index is 13.0. The third kappa shape index (κ3) is 4.66. The number of rotatable bonds is 12. The van der Waals surface area contributed by atoms with E-state index in [2.05, 4.69) is 48.7 Å². The highest BCUT2D eigenvalue weighted by Gasteiger charge is 2.16.